The lowest BCUT2D eigenvalue weighted by atomic mass is 9.89. The molecule has 3 N–H and O–H groups in total. The van der Waals surface area contributed by atoms with Gasteiger partial charge in [0.2, 0.25) is 0 Å². The quantitative estimate of drug-likeness (QED) is 0.311. The number of carbonyl (C=O) groups excluding carboxylic acids is 3. The molecule has 0 saturated carbocycles. The van der Waals surface area contributed by atoms with Crippen LogP contribution in [-0.2, 0) is 20.9 Å². The summed E-state index contributed by atoms with van der Waals surface area (Å²) >= 11 is 2.07. The van der Waals surface area contributed by atoms with Gasteiger partial charge in [-0.1, -0.05) is 36.9 Å². The Kier molecular flexibility index (Phi) is 8.74. The Morgan fingerprint density at radius 1 is 1.18 bits per heavy atom. The van der Waals surface area contributed by atoms with Gasteiger partial charge >= 0.3 is 12.0 Å². The second-order valence-corrected chi connectivity index (χ2v) is 8.58. The van der Waals surface area contributed by atoms with Crippen LogP contribution in [0, 0.1) is 9.49 Å². The molecule has 3 rings (SSSR count). The van der Waals surface area contributed by atoms with Crippen LogP contribution >= 0.6 is 22.6 Å². The van der Waals surface area contributed by atoms with E-state index in [1.807, 2.05) is 37.3 Å². The third kappa shape index (κ3) is 6.19. The Balaban J connectivity index is 1.79. The van der Waals surface area contributed by atoms with E-state index in [1.165, 1.54) is 7.11 Å². The third-order valence-corrected chi connectivity index (χ3v) is 5.90. The first-order valence-electron chi connectivity index (χ1n) is 10.6. The smallest absolute Gasteiger partial charge is 0.319 e. The van der Waals surface area contributed by atoms with Crippen molar-refractivity contribution in [1.29, 1.82) is 0 Å². The lowest BCUT2D eigenvalue weighted by Crippen LogP contribution is -2.51. The number of carbonyl (C=O) groups is 3. The van der Waals surface area contributed by atoms with E-state index in [0.717, 1.165) is 5.56 Å². The highest BCUT2D eigenvalue weighted by atomic mass is 127. The molecule has 1 saturated heterocycles. The molecular weight excluding hydrogens is 553 g/mol. The number of hydrogen-bond donors (Lipinski definition) is 3. The lowest BCUT2D eigenvalue weighted by molar-refractivity contribution is -0.145. The molecule has 0 aliphatic carbocycles. The molecular formula is C24H26IN3O6. The Bertz CT molecular complexity index is 1080. The van der Waals surface area contributed by atoms with E-state index in [0.29, 0.717) is 33.8 Å². The van der Waals surface area contributed by atoms with Crippen molar-refractivity contribution in [3.05, 3.63) is 69.4 Å². The molecule has 1 aliphatic heterocycles. The molecule has 1 heterocycles. The largest absolute Gasteiger partial charge is 0.490 e. The molecule has 34 heavy (non-hydrogen) atoms. The number of ether oxygens (including phenoxy) is 3. The second kappa shape index (κ2) is 11.7. The minimum atomic E-state index is -0.830. The summed E-state index contributed by atoms with van der Waals surface area (Å²) in [7, 11) is 1.28. The molecule has 1 aliphatic rings. The molecule has 10 heteroatoms. The van der Waals surface area contributed by atoms with E-state index in [4.69, 9.17) is 14.2 Å². The van der Waals surface area contributed by atoms with Crippen LogP contribution in [0.25, 0.3) is 0 Å². The summed E-state index contributed by atoms with van der Waals surface area (Å²) in [4.78, 5) is 36.8. The van der Waals surface area contributed by atoms with Gasteiger partial charge in [-0.15, -0.1) is 0 Å². The van der Waals surface area contributed by atoms with Crippen LogP contribution in [0.5, 0.6) is 11.5 Å². The predicted octanol–water partition coefficient (Wildman–Crippen LogP) is 3.04. The van der Waals surface area contributed by atoms with E-state index < -0.39 is 24.0 Å². The summed E-state index contributed by atoms with van der Waals surface area (Å²) in [5.41, 5.74) is 1.83. The van der Waals surface area contributed by atoms with Gasteiger partial charge in [0.1, 0.15) is 5.92 Å². The van der Waals surface area contributed by atoms with Crippen LogP contribution in [0.15, 0.2) is 54.7 Å². The third-order valence-electron chi connectivity index (χ3n) is 5.10. The number of halogens is 1. The number of urea groups is 1. The maximum absolute atomic E-state index is 12.4. The molecule has 0 unspecified atom stereocenters. The van der Waals surface area contributed by atoms with Gasteiger partial charge in [-0.2, -0.15) is 0 Å². The standard InChI is InChI=1S/C24H26IN3O6/c1-4-33-18-11-16(21-20(23(30)32-3)14(2)27-24(31)28-21)10-17(25)22(18)34-13-19(29)26-12-15-8-6-5-7-9-15/h5-11,20-21H,2,4,12-13H2,1,3H3,(H,26,29)(H2,27,28,31)/t20-,21+/m1/s1. The molecule has 0 spiro atoms. The summed E-state index contributed by atoms with van der Waals surface area (Å²) in [6.45, 7) is 6.17. The van der Waals surface area contributed by atoms with Crippen molar-refractivity contribution in [3.63, 3.8) is 0 Å². The van der Waals surface area contributed by atoms with Crippen LogP contribution in [-0.4, -0.2) is 38.2 Å². The first-order chi connectivity index (χ1) is 16.3. The summed E-state index contributed by atoms with van der Waals surface area (Å²) in [5, 5.41) is 8.09. The van der Waals surface area contributed by atoms with Gasteiger partial charge < -0.3 is 30.2 Å². The van der Waals surface area contributed by atoms with E-state index in [2.05, 4.69) is 45.1 Å². The normalized spacial score (nSPS) is 17.3. The van der Waals surface area contributed by atoms with Gasteiger partial charge in [-0.05, 0) is 52.8 Å². The minimum Gasteiger partial charge on any atom is -0.490 e. The number of nitrogens with one attached hydrogen (secondary N) is 3. The van der Waals surface area contributed by atoms with Crippen LogP contribution < -0.4 is 25.4 Å². The Labute approximate surface area is 211 Å². The highest BCUT2D eigenvalue weighted by molar-refractivity contribution is 14.1. The molecule has 3 amide bonds. The van der Waals surface area contributed by atoms with E-state index >= 15 is 0 Å². The van der Waals surface area contributed by atoms with Crippen molar-refractivity contribution >= 4 is 40.5 Å². The van der Waals surface area contributed by atoms with E-state index in [-0.39, 0.29) is 18.2 Å². The fraction of sp³-hybridized carbons (Fsp3) is 0.292. The summed E-state index contributed by atoms with van der Waals surface area (Å²) in [6.07, 6.45) is 0. The summed E-state index contributed by atoms with van der Waals surface area (Å²) in [5.74, 6) is -0.856. The zero-order valence-electron chi connectivity index (χ0n) is 18.9. The average Bonchev–Trinajstić information content (AvgIpc) is 2.82. The van der Waals surface area contributed by atoms with Crippen LogP contribution in [0.1, 0.15) is 24.1 Å². The fourth-order valence-corrected chi connectivity index (χ4v) is 4.30. The van der Waals surface area contributed by atoms with Gasteiger partial charge in [0.15, 0.2) is 18.1 Å². The van der Waals surface area contributed by atoms with Crippen molar-refractivity contribution in [2.24, 2.45) is 5.92 Å². The lowest BCUT2D eigenvalue weighted by Gasteiger charge is -2.33. The predicted molar refractivity (Wildman–Crippen MR) is 133 cm³/mol. The van der Waals surface area contributed by atoms with Crippen molar-refractivity contribution in [2.45, 2.75) is 19.5 Å². The van der Waals surface area contributed by atoms with E-state index in [9.17, 15) is 14.4 Å². The maximum Gasteiger partial charge on any atom is 0.319 e. The van der Waals surface area contributed by atoms with Crippen molar-refractivity contribution in [3.8, 4) is 11.5 Å². The summed E-state index contributed by atoms with van der Waals surface area (Å²) < 4.78 is 17.1. The number of methoxy groups -OCH3 is 1. The van der Waals surface area contributed by atoms with Gasteiger partial charge in [-0.25, -0.2) is 4.79 Å². The number of benzene rings is 2. The number of esters is 1. The molecule has 1 fully saturated rings. The molecule has 2 atom stereocenters. The zero-order valence-corrected chi connectivity index (χ0v) is 21.0. The van der Waals surface area contributed by atoms with Crippen LogP contribution in [0.3, 0.4) is 0 Å². The molecule has 9 nitrogen and oxygen atoms in total. The molecule has 2 aromatic rings. The van der Waals surface area contributed by atoms with Gasteiger partial charge in [0.25, 0.3) is 5.91 Å². The highest BCUT2D eigenvalue weighted by Gasteiger charge is 2.39. The molecule has 180 valence electrons. The first-order valence-corrected chi connectivity index (χ1v) is 11.7. The SMILES string of the molecule is C=C1NC(=O)N[C@@H](c2cc(I)c(OCC(=O)NCc3ccccc3)c(OCC)c2)[C@@H]1C(=O)OC. The highest BCUT2D eigenvalue weighted by Crippen LogP contribution is 2.39. The number of hydrogen-bond acceptors (Lipinski definition) is 6. The van der Waals surface area contributed by atoms with Gasteiger partial charge in [0, 0.05) is 12.2 Å². The monoisotopic (exact) mass is 579 g/mol. The Morgan fingerprint density at radius 2 is 1.91 bits per heavy atom. The van der Waals surface area contributed by atoms with E-state index in [1.54, 1.807) is 12.1 Å². The Morgan fingerprint density at radius 3 is 2.59 bits per heavy atom. The second-order valence-electron chi connectivity index (χ2n) is 7.42. The minimum absolute atomic E-state index is 0.200. The van der Waals surface area contributed by atoms with Gasteiger partial charge in [-0.3, -0.25) is 9.59 Å². The molecule has 0 aromatic heterocycles. The van der Waals surface area contributed by atoms with Crippen molar-refractivity contribution in [1.82, 2.24) is 16.0 Å². The first kappa shape index (κ1) is 25.3. The topological polar surface area (TPSA) is 115 Å². The molecule has 0 bridgehead atoms. The van der Waals surface area contributed by atoms with Gasteiger partial charge in [0.05, 0.1) is 23.3 Å². The number of amides is 3. The van der Waals surface area contributed by atoms with Crippen LogP contribution in [0.4, 0.5) is 4.79 Å². The van der Waals surface area contributed by atoms with Crippen molar-refractivity contribution in [2.75, 3.05) is 20.3 Å². The molecule has 2 aromatic carbocycles. The van der Waals surface area contributed by atoms with Crippen LogP contribution in [0.2, 0.25) is 0 Å². The summed E-state index contributed by atoms with van der Waals surface area (Å²) in [6, 6.07) is 11.8. The Hall–Kier alpha value is -3.28. The number of rotatable bonds is 9. The average molecular weight is 579 g/mol. The van der Waals surface area contributed by atoms with Crippen molar-refractivity contribution < 1.29 is 28.6 Å². The maximum atomic E-state index is 12.4. The molecule has 0 radical (unpaired) electrons. The zero-order chi connectivity index (χ0) is 24.7. The fourth-order valence-electron chi connectivity index (χ4n) is 3.52.